The lowest BCUT2D eigenvalue weighted by Crippen LogP contribution is -2.44. The van der Waals surface area contributed by atoms with Crippen molar-refractivity contribution >= 4 is 12.0 Å². The van der Waals surface area contributed by atoms with Crippen LogP contribution in [0.3, 0.4) is 0 Å². The van der Waals surface area contributed by atoms with E-state index in [9.17, 15) is 9.59 Å². The highest BCUT2D eigenvalue weighted by Crippen LogP contribution is 2.21. The maximum atomic E-state index is 12.0. The average Bonchev–Trinajstić information content (AvgIpc) is 2.74. The zero-order valence-electron chi connectivity index (χ0n) is 17.2. The van der Waals surface area contributed by atoms with Crippen molar-refractivity contribution < 1.29 is 14.7 Å². The Morgan fingerprint density at radius 1 is 1.07 bits per heavy atom. The van der Waals surface area contributed by atoms with Crippen molar-refractivity contribution in [2.45, 2.75) is 25.4 Å². The number of carbonyl (C=O) groups is 2. The summed E-state index contributed by atoms with van der Waals surface area (Å²) in [7, 11) is 5.56. The molecular weight excluding hydrogens is 368 g/mol. The van der Waals surface area contributed by atoms with Gasteiger partial charge in [0.05, 0.1) is 5.69 Å². The minimum Gasteiger partial charge on any atom is -0.465 e. The fraction of sp³-hybridized carbons (Fsp3) is 0.409. The smallest absolute Gasteiger partial charge is 0.407 e. The summed E-state index contributed by atoms with van der Waals surface area (Å²) < 4.78 is 0. The number of pyridine rings is 1. The molecule has 2 aromatic rings. The molecule has 0 spiro atoms. The molecular formula is C22H28N4O3. The predicted octanol–water partition coefficient (Wildman–Crippen LogP) is 3.02. The van der Waals surface area contributed by atoms with Crippen LogP contribution in [-0.2, 0) is 6.54 Å². The van der Waals surface area contributed by atoms with Gasteiger partial charge in [-0.2, -0.15) is 0 Å². The summed E-state index contributed by atoms with van der Waals surface area (Å²) in [6, 6.07) is 11.9. The van der Waals surface area contributed by atoms with Gasteiger partial charge in [0.1, 0.15) is 0 Å². The zero-order valence-corrected chi connectivity index (χ0v) is 17.2. The van der Waals surface area contributed by atoms with Crippen molar-refractivity contribution in [1.29, 1.82) is 0 Å². The number of rotatable bonds is 5. The third-order valence-electron chi connectivity index (χ3n) is 5.45. The second-order valence-corrected chi connectivity index (χ2v) is 7.74. The van der Waals surface area contributed by atoms with Crippen LogP contribution >= 0.6 is 0 Å². The summed E-state index contributed by atoms with van der Waals surface area (Å²) in [5.74, 6) is -0.0166. The quantitative estimate of drug-likeness (QED) is 0.841. The van der Waals surface area contributed by atoms with Crippen molar-refractivity contribution in [1.82, 2.24) is 19.7 Å². The summed E-state index contributed by atoms with van der Waals surface area (Å²) in [5.41, 5.74) is 3.62. The van der Waals surface area contributed by atoms with Gasteiger partial charge in [-0.15, -0.1) is 0 Å². The minimum absolute atomic E-state index is 0.0166. The highest BCUT2D eigenvalue weighted by molar-refractivity contribution is 5.94. The lowest BCUT2D eigenvalue weighted by atomic mass is 10.0. The van der Waals surface area contributed by atoms with Crippen LogP contribution in [-0.4, -0.2) is 77.1 Å². The van der Waals surface area contributed by atoms with Crippen LogP contribution in [0, 0.1) is 0 Å². The van der Waals surface area contributed by atoms with E-state index in [2.05, 4.69) is 23.0 Å². The molecule has 1 fully saturated rings. The Morgan fingerprint density at radius 3 is 2.24 bits per heavy atom. The molecule has 2 amide bonds. The first-order valence-corrected chi connectivity index (χ1v) is 9.80. The van der Waals surface area contributed by atoms with E-state index < -0.39 is 6.09 Å². The van der Waals surface area contributed by atoms with Crippen molar-refractivity contribution in [3.05, 3.63) is 53.7 Å². The van der Waals surface area contributed by atoms with E-state index in [1.165, 1.54) is 4.90 Å². The molecule has 0 aliphatic carbocycles. The van der Waals surface area contributed by atoms with Crippen molar-refractivity contribution in [3.63, 3.8) is 0 Å². The highest BCUT2D eigenvalue weighted by atomic mass is 16.4. The van der Waals surface area contributed by atoms with Crippen LogP contribution in [0.1, 0.15) is 28.8 Å². The molecule has 154 valence electrons. The molecule has 0 atom stereocenters. The fourth-order valence-corrected chi connectivity index (χ4v) is 3.65. The van der Waals surface area contributed by atoms with Gasteiger partial charge >= 0.3 is 6.09 Å². The zero-order chi connectivity index (χ0) is 21.0. The van der Waals surface area contributed by atoms with Gasteiger partial charge in [0.15, 0.2) is 0 Å². The molecule has 1 aliphatic rings. The Balaban J connectivity index is 1.59. The number of hydrogen-bond acceptors (Lipinski definition) is 4. The third-order valence-corrected chi connectivity index (χ3v) is 5.45. The Bertz CT molecular complexity index is 841. The first-order chi connectivity index (χ1) is 13.8. The van der Waals surface area contributed by atoms with Gasteiger partial charge in [0.25, 0.3) is 5.91 Å². The summed E-state index contributed by atoms with van der Waals surface area (Å²) >= 11 is 0. The van der Waals surface area contributed by atoms with Crippen LogP contribution < -0.4 is 0 Å². The number of piperidine rings is 1. The molecule has 1 aliphatic heterocycles. The van der Waals surface area contributed by atoms with E-state index in [0.717, 1.165) is 36.2 Å². The number of aromatic nitrogens is 1. The van der Waals surface area contributed by atoms with Crippen LogP contribution in [0.25, 0.3) is 11.3 Å². The number of carbonyl (C=O) groups excluding carboxylic acids is 1. The Labute approximate surface area is 171 Å². The fourth-order valence-electron chi connectivity index (χ4n) is 3.65. The van der Waals surface area contributed by atoms with E-state index in [0.29, 0.717) is 24.7 Å². The molecule has 2 heterocycles. The summed E-state index contributed by atoms with van der Waals surface area (Å²) in [5, 5.41) is 9.07. The standard InChI is InChI=1S/C22H28N4O3/c1-24(2)21(27)18-7-5-17(6-8-18)20-9-4-16(14-23-20)15-25(3)19-10-12-26(13-11-19)22(28)29/h4-9,14,19H,10-13,15H2,1-3H3,(H,28,29). The molecule has 1 N–H and O–H groups in total. The molecule has 29 heavy (non-hydrogen) atoms. The molecule has 7 heteroatoms. The maximum Gasteiger partial charge on any atom is 0.407 e. The average molecular weight is 396 g/mol. The molecule has 3 rings (SSSR count). The SMILES string of the molecule is CN(C)C(=O)c1ccc(-c2ccc(CN(C)C3CCN(C(=O)O)CC3)cn2)cc1. The second kappa shape index (κ2) is 9.05. The molecule has 0 bridgehead atoms. The topological polar surface area (TPSA) is 77.0 Å². The number of likely N-dealkylation sites (tertiary alicyclic amines) is 1. The van der Waals surface area contributed by atoms with E-state index in [4.69, 9.17) is 5.11 Å². The van der Waals surface area contributed by atoms with Gasteiger partial charge in [-0.05, 0) is 43.7 Å². The molecule has 0 radical (unpaired) electrons. The van der Waals surface area contributed by atoms with Gasteiger partial charge < -0.3 is 14.9 Å². The van der Waals surface area contributed by atoms with Crippen LogP contribution in [0.5, 0.6) is 0 Å². The molecule has 7 nitrogen and oxygen atoms in total. The lowest BCUT2D eigenvalue weighted by Gasteiger charge is -2.35. The van der Waals surface area contributed by atoms with E-state index in [1.807, 2.05) is 36.5 Å². The van der Waals surface area contributed by atoms with Crippen LogP contribution in [0.15, 0.2) is 42.6 Å². The maximum absolute atomic E-state index is 12.0. The largest absolute Gasteiger partial charge is 0.465 e. The Morgan fingerprint density at radius 2 is 1.72 bits per heavy atom. The monoisotopic (exact) mass is 396 g/mol. The van der Waals surface area contributed by atoms with E-state index >= 15 is 0 Å². The Kier molecular flexibility index (Phi) is 6.49. The van der Waals surface area contributed by atoms with E-state index in [-0.39, 0.29) is 5.91 Å². The van der Waals surface area contributed by atoms with Crippen LogP contribution in [0.4, 0.5) is 4.79 Å². The van der Waals surface area contributed by atoms with Gasteiger partial charge in [-0.25, -0.2) is 4.79 Å². The number of nitrogens with zero attached hydrogens (tertiary/aromatic N) is 4. The lowest BCUT2D eigenvalue weighted by molar-refractivity contribution is 0.0827. The molecule has 1 aromatic heterocycles. The summed E-state index contributed by atoms with van der Waals surface area (Å²) in [6.07, 6.45) is 2.76. The minimum atomic E-state index is -0.829. The van der Waals surface area contributed by atoms with Gasteiger partial charge in [0, 0.05) is 57.1 Å². The molecule has 1 aromatic carbocycles. The van der Waals surface area contributed by atoms with Crippen molar-refractivity contribution in [2.75, 3.05) is 34.2 Å². The number of benzene rings is 1. The Hall–Kier alpha value is -2.93. The van der Waals surface area contributed by atoms with Gasteiger partial charge in [-0.3, -0.25) is 14.7 Å². The molecule has 1 saturated heterocycles. The van der Waals surface area contributed by atoms with Crippen molar-refractivity contribution in [2.24, 2.45) is 0 Å². The normalized spacial score (nSPS) is 14.8. The third kappa shape index (κ3) is 5.12. The summed E-state index contributed by atoms with van der Waals surface area (Å²) in [4.78, 5) is 32.9. The number of carboxylic acid groups (broad SMARTS) is 1. The van der Waals surface area contributed by atoms with Crippen LogP contribution in [0.2, 0.25) is 0 Å². The van der Waals surface area contributed by atoms with Crippen molar-refractivity contribution in [3.8, 4) is 11.3 Å². The molecule has 0 saturated carbocycles. The van der Waals surface area contributed by atoms with E-state index in [1.54, 1.807) is 19.0 Å². The first kappa shape index (κ1) is 20.8. The molecule has 0 unspecified atom stereocenters. The number of amides is 2. The predicted molar refractivity (Wildman–Crippen MR) is 112 cm³/mol. The first-order valence-electron chi connectivity index (χ1n) is 9.80. The number of hydrogen-bond donors (Lipinski definition) is 1. The summed E-state index contributed by atoms with van der Waals surface area (Å²) in [6.45, 7) is 1.96. The van der Waals surface area contributed by atoms with Gasteiger partial charge in [0.2, 0.25) is 0 Å². The highest BCUT2D eigenvalue weighted by Gasteiger charge is 2.24. The second-order valence-electron chi connectivity index (χ2n) is 7.74. The van der Waals surface area contributed by atoms with Gasteiger partial charge in [-0.1, -0.05) is 18.2 Å².